The second-order valence-corrected chi connectivity index (χ2v) is 2.72. The Morgan fingerprint density at radius 1 is 1.45 bits per heavy atom. The first-order valence-corrected chi connectivity index (χ1v) is 3.75. The molecule has 0 bridgehead atoms. The Labute approximate surface area is 78.0 Å². The van der Waals surface area contributed by atoms with Crippen molar-refractivity contribution in [2.24, 2.45) is 0 Å². The number of nitrogen functional groups attached to an aromatic ring is 1. The van der Waals surface area contributed by atoms with Crippen LogP contribution < -0.4 is 5.73 Å². The molecule has 0 amide bonds. The van der Waals surface area contributed by atoms with Gasteiger partial charge < -0.3 is 5.73 Å². The van der Waals surface area contributed by atoms with Crippen molar-refractivity contribution in [3.8, 4) is 6.57 Å². The Morgan fingerprint density at radius 3 is 2.36 bits per heavy atom. The summed E-state index contributed by atoms with van der Waals surface area (Å²) in [7, 11) is 0. The van der Waals surface area contributed by atoms with Crippen LogP contribution in [0.5, 0.6) is 0 Å². The van der Waals surface area contributed by atoms with Crippen LogP contribution in [0.3, 0.4) is 0 Å². The molecule has 0 saturated heterocycles. The summed E-state index contributed by atoms with van der Waals surface area (Å²) in [5, 5.41) is 6.50. The van der Waals surface area contributed by atoms with Crippen LogP contribution >= 0.6 is 22.6 Å². The van der Waals surface area contributed by atoms with E-state index in [2.05, 4.69) is 6.57 Å². The van der Waals surface area contributed by atoms with E-state index in [0.29, 0.717) is 9.26 Å². The molecular formula is C7H6FIN2. The molecule has 0 aliphatic carbocycles. The first kappa shape index (κ1) is 10.2. The number of halogens is 2. The highest BCUT2D eigenvalue weighted by Crippen LogP contribution is 2.16. The first-order chi connectivity index (χ1) is 5.22. The van der Waals surface area contributed by atoms with Crippen molar-refractivity contribution < 1.29 is 4.39 Å². The van der Waals surface area contributed by atoms with Crippen LogP contribution in [0, 0.1) is 21.2 Å². The minimum absolute atomic E-state index is 0.254. The first-order valence-electron chi connectivity index (χ1n) is 2.67. The van der Waals surface area contributed by atoms with Crippen LogP contribution in [0.25, 0.3) is 0 Å². The minimum atomic E-state index is -0.254. The zero-order chi connectivity index (χ0) is 8.85. The van der Waals surface area contributed by atoms with Crippen LogP contribution in [0.2, 0.25) is 0 Å². The van der Waals surface area contributed by atoms with Crippen LogP contribution in [-0.2, 0) is 0 Å². The number of benzene rings is 1. The lowest BCUT2D eigenvalue weighted by atomic mass is 10.3. The highest BCUT2D eigenvalue weighted by Gasteiger charge is 1.98. The molecule has 4 heteroatoms. The molecular weight excluding hydrogens is 258 g/mol. The zero-order valence-electron chi connectivity index (χ0n) is 5.59. The van der Waals surface area contributed by atoms with Crippen LogP contribution in [0.15, 0.2) is 18.2 Å². The normalized spacial score (nSPS) is 8.00. The van der Waals surface area contributed by atoms with Crippen molar-refractivity contribution >= 4 is 28.3 Å². The van der Waals surface area contributed by atoms with E-state index in [1.807, 2.05) is 22.6 Å². The molecule has 2 N–H and O–H groups in total. The van der Waals surface area contributed by atoms with Gasteiger partial charge in [-0.2, -0.15) is 0 Å². The molecule has 1 rings (SSSR count). The van der Waals surface area contributed by atoms with Gasteiger partial charge in [0.05, 0.1) is 3.57 Å². The lowest BCUT2D eigenvalue weighted by Gasteiger charge is -1.95. The number of nitrogens with two attached hydrogens (primary N) is 1. The molecule has 0 aliphatic rings. The minimum Gasteiger partial charge on any atom is -0.398 e. The Bertz CT molecular complexity index is 240. The van der Waals surface area contributed by atoms with Gasteiger partial charge in [0.1, 0.15) is 5.82 Å². The Kier molecular flexibility index (Phi) is 4.54. The third kappa shape index (κ3) is 2.72. The Hall–Kier alpha value is -0.830. The highest BCUT2D eigenvalue weighted by atomic mass is 127. The molecule has 2 nitrogen and oxygen atoms in total. The second-order valence-electron chi connectivity index (χ2n) is 1.64. The lowest BCUT2D eigenvalue weighted by Crippen LogP contribution is -1.90. The number of nitrogens with zero attached hydrogens (tertiary/aromatic N) is 1. The van der Waals surface area contributed by atoms with Crippen LogP contribution in [-0.4, -0.2) is 0 Å². The molecule has 0 spiro atoms. The summed E-state index contributed by atoms with van der Waals surface area (Å²) in [6.07, 6.45) is 0. The van der Waals surface area contributed by atoms with Gasteiger partial charge in [-0.05, 0) is 34.7 Å². The maximum absolute atomic E-state index is 12.5. The molecule has 11 heavy (non-hydrogen) atoms. The van der Waals surface area contributed by atoms with E-state index in [1.165, 1.54) is 6.07 Å². The van der Waals surface area contributed by atoms with Gasteiger partial charge in [-0.25, -0.2) is 9.65 Å². The predicted octanol–water partition coefficient (Wildman–Crippen LogP) is 2.15. The van der Waals surface area contributed by atoms with E-state index >= 15 is 0 Å². The van der Waals surface area contributed by atoms with Crippen molar-refractivity contribution in [1.29, 1.82) is 5.26 Å². The maximum Gasteiger partial charge on any atom is 0.138 e. The van der Waals surface area contributed by atoms with Gasteiger partial charge in [-0.1, -0.05) is 6.07 Å². The number of anilines is 1. The SMILES string of the molecule is C#N.Nc1cccc(F)c1I. The van der Waals surface area contributed by atoms with Gasteiger partial charge in [-0.3, -0.25) is 0 Å². The predicted molar refractivity (Wildman–Crippen MR) is 50.2 cm³/mol. The maximum atomic E-state index is 12.5. The molecule has 0 fully saturated rings. The third-order valence-corrected chi connectivity index (χ3v) is 2.12. The van der Waals surface area contributed by atoms with E-state index in [1.54, 1.807) is 12.1 Å². The zero-order valence-corrected chi connectivity index (χ0v) is 7.75. The number of hydrogen-bond acceptors (Lipinski definition) is 2. The van der Waals surface area contributed by atoms with Crippen molar-refractivity contribution in [3.63, 3.8) is 0 Å². The number of rotatable bonds is 0. The van der Waals surface area contributed by atoms with Crippen molar-refractivity contribution in [2.75, 3.05) is 5.73 Å². The summed E-state index contributed by atoms with van der Waals surface area (Å²) in [5.41, 5.74) is 5.87. The topological polar surface area (TPSA) is 49.8 Å². The Morgan fingerprint density at radius 2 is 2.00 bits per heavy atom. The summed E-state index contributed by atoms with van der Waals surface area (Å²) >= 11 is 1.87. The van der Waals surface area contributed by atoms with E-state index < -0.39 is 0 Å². The number of nitriles is 1. The van der Waals surface area contributed by atoms with Crippen molar-refractivity contribution in [1.82, 2.24) is 0 Å². The monoisotopic (exact) mass is 264 g/mol. The van der Waals surface area contributed by atoms with E-state index in [-0.39, 0.29) is 5.82 Å². The average molecular weight is 264 g/mol. The van der Waals surface area contributed by atoms with Gasteiger partial charge in [0.15, 0.2) is 0 Å². The fraction of sp³-hybridized carbons (Fsp3) is 0. The fourth-order valence-corrected chi connectivity index (χ4v) is 0.880. The van der Waals surface area contributed by atoms with Crippen LogP contribution in [0.1, 0.15) is 0 Å². The molecule has 0 atom stereocenters. The summed E-state index contributed by atoms with van der Waals surface area (Å²) in [5.74, 6) is -0.254. The molecule has 58 valence electrons. The van der Waals surface area contributed by atoms with Gasteiger partial charge in [0.25, 0.3) is 0 Å². The second kappa shape index (κ2) is 4.91. The molecule has 1 aromatic carbocycles. The summed E-state index contributed by atoms with van der Waals surface area (Å²) in [6, 6.07) is 4.65. The highest BCUT2D eigenvalue weighted by molar-refractivity contribution is 14.1. The lowest BCUT2D eigenvalue weighted by molar-refractivity contribution is 0.621. The largest absolute Gasteiger partial charge is 0.398 e. The molecule has 0 unspecified atom stereocenters. The van der Waals surface area contributed by atoms with Gasteiger partial charge in [0.2, 0.25) is 0 Å². The average Bonchev–Trinajstić information content (AvgIpc) is 2.04. The molecule has 0 radical (unpaired) electrons. The van der Waals surface area contributed by atoms with E-state index in [4.69, 9.17) is 11.0 Å². The summed E-state index contributed by atoms with van der Waals surface area (Å²) in [4.78, 5) is 0. The quantitative estimate of drug-likeness (QED) is 0.576. The molecule has 0 aliphatic heterocycles. The Balaban J connectivity index is 0.000000461. The van der Waals surface area contributed by atoms with E-state index in [0.717, 1.165) is 0 Å². The van der Waals surface area contributed by atoms with Crippen molar-refractivity contribution in [3.05, 3.63) is 27.6 Å². The van der Waals surface area contributed by atoms with Gasteiger partial charge in [-0.15, -0.1) is 0 Å². The standard InChI is InChI=1S/C6H5FIN.CHN/c7-4-2-1-3-5(9)6(4)8;1-2/h1-3H,9H2;1H. The fourth-order valence-electron chi connectivity index (χ4n) is 0.520. The summed E-state index contributed by atoms with van der Waals surface area (Å²) in [6.45, 7) is 3.50. The molecule has 1 aromatic rings. The summed E-state index contributed by atoms with van der Waals surface area (Å²) < 4.78 is 13.0. The molecule has 0 heterocycles. The van der Waals surface area contributed by atoms with Crippen molar-refractivity contribution in [2.45, 2.75) is 0 Å². The molecule has 0 aromatic heterocycles. The third-order valence-electron chi connectivity index (χ3n) is 0.981. The van der Waals surface area contributed by atoms with Gasteiger partial charge >= 0.3 is 0 Å². The smallest absolute Gasteiger partial charge is 0.138 e. The van der Waals surface area contributed by atoms with Crippen LogP contribution in [0.4, 0.5) is 10.1 Å². The number of hydrogen-bond donors (Lipinski definition) is 1. The van der Waals surface area contributed by atoms with E-state index in [9.17, 15) is 4.39 Å². The molecule has 0 saturated carbocycles. The van der Waals surface area contributed by atoms with Gasteiger partial charge in [0, 0.05) is 12.3 Å².